The molecule has 1 aromatic heterocycles. The van der Waals surface area contributed by atoms with Crippen LogP contribution in [0.4, 0.5) is 5.13 Å². The van der Waals surface area contributed by atoms with Gasteiger partial charge in [-0.1, -0.05) is 42.5 Å². The molecule has 3 aromatic carbocycles. The van der Waals surface area contributed by atoms with Gasteiger partial charge in [0.15, 0.2) is 5.13 Å². The first-order valence-corrected chi connectivity index (χ1v) is 11.9. The Balaban J connectivity index is 1.49. The molecule has 1 aliphatic heterocycles. The molecule has 7 nitrogen and oxygen atoms in total. The number of benzene rings is 3. The fraction of sp³-hybridized carbons (Fsp3) is 0.148. The standard InChI is InChI=1S/C27H23N3O4S/c1-33-20-10-11-21(23(15-20)34-2)18-8-9-19-16-30(26(32)22(19)14-18)24(17-6-4-3-5-7-17)25(31)29-27-28-12-13-35-27/h3-15,24H,16H2,1-2H3,(H,28,29,31)/t24-/m1/s1. The molecule has 1 atom stereocenters. The summed E-state index contributed by atoms with van der Waals surface area (Å²) in [6.07, 6.45) is 1.63. The van der Waals surface area contributed by atoms with E-state index in [0.717, 1.165) is 22.3 Å². The van der Waals surface area contributed by atoms with Crippen molar-refractivity contribution in [3.05, 3.63) is 95.0 Å². The average Bonchev–Trinajstić information content (AvgIpc) is 3.52. The van der Waals surface area contributed by atoms with E-state index in [1.54, 1.807) is 30.7 Å². The van der Waals surface area contributed by atoms with Crippen molar-refractivity contribution in [1.82, 2.24) is 9.88 Å². The first kappa shape index (κ1) is 22.6. The van der Waals surface area contributed by atoms with Crippen LogP contribution in [0.25, 0.3) is 11.1 Å². The Labute approximate surface area is 207 Å². The molecule has 0 saturated heterocycles. The van der Waals surface area contributed by atoms with Crippen molar-refractivity contribution >= 4 is 28.3 Å². The summed E-state index contributed by atoms with van der Waals surface area (Å²) in [7, 11) is 3.20. The Morgan fingerprint density at radius 3 is 2.57 bits per heavy atom. The number of nitrogens with zero attached hydrogens (tertiary/aromatic N) is 2. The Morgan fingerprint density at radius 1 is 1.03 bits per heavy atom. The second-order valence-electron chi connectivity index (χ2n) is 8.01. The van der Waals surface area contributed by atoms with Crippen molar-refractivity contribution < 1.29 is 19.1 Å². The maximum absolute atomic E-state index is 13.6. The van der Waals surface area contributed by atoms with E-state index in [-0.39, 0.29) is 11.8 Å². The summed E-state index contributed by atoms with van der Waals surface area (Å²) in [5.74, 6) is 0.837. The summed E-state index contributed by atoms with van der Waals surface area (Å²) in [5.41, 5.74) is 3.88. The van der Waals surface area contributed by atoms with Crippen LogP contribution in [-0.2, 0) is 11.3 Å². The van der Waals surface area contributed by atoms with E-state index in [1.165, 1.54) is 11.3 Å². The molecule has 4 aromatic rings. The highest BCUT2D eigenvalue weighted by atomic mass is 32.1. The summed E-state index contributed by atoms with van der Waals surface area (Å²) >= 11 is 1.33. The summed E-state index contributed by atoms with van der Waals surface area (Å²) in [4.78, 5) is 32.8. The van der Waals surface area contributed by atoms with Gasteiger partial charge in [-0.2, -0.15) is 0 Å². The number of carbonyl (C=O) groups is 2. The number of rotatable bonds is 7. The van der Waals surface area contributed by atoms with Crippen LogP contribution >= 0.6 is 11.3 Å². The third-order valence-corrected chi connectivity index (χ3v) is 6.69. The molecule has 2 heterocycles. The van der Waals surface area contributed by atoms with Crippen LogP contribution in [0.15, 0.2) is 78.3 Å². The summed E-state index contributed by atoms with van der Waals surface area (Å²) in [6.45, 7) is 0.332. The zero-order chi connectivity index (χ0) is 24.4. The SMILES string of the molecule is COc1ccc(-c2ccc3c(c2)C(=O)N([C@@H](C(=O)Nc2nccs2)c2ccccc2)C3)c(OC)c1. The molecule has 35 heavy (non-hydrogen) atoms. The van der Waals surface area contributed by atoms with Gasteiger partial charge in [0.2, 0.25) is 0 Å². The number of anilines is 1. The Kier molecular flexibility index (Phi) is 6.20. The van der Waals surface area contributed by atoms with Gasteiger partial charge in [0, 0.05) is 35.3 Å². The van der Waals surface area contributed by atoms with Crippen molar-refractivity contribution in [2.24, 2.45) is 0 Å². The number of fused-ring (bicyclic) bond motifs is 1. The molecule has 2 amide bonds. The topological polar surface area (TPSA) is 80.8 Å². The highest BCUT2D eigenvalue weighted by Crippen LogP contribution is 2.38. The lowest BCUT2D eigenvalue weighted by atomic mass is 9.99. The molecule has 5 rings (SSSR count). The third-order valence-electron chi connectivity index (χ3n) is 6.00. The van der Waals surface area contributed by atoms with Crippen molar-refractivity contribution in [2.75, 3.05) is 19.5 Å². The number of thiazole rings is 1. The maximum Gasteiger partial charge on any atom is 0.255 e. The van der Waals surface area contributed by atoms with E-state index in [4.69, 9.17) is 9.47 Å². The van der Waals surface area contributed by atoms with Gasteiger partial charge in [0.25, 0.3) is 11.8 Å². The highest BCUT2D eigenvalue weighted by Gasteiger charge is 2.38. The van der Waals surface area contributed by atoms with E-state index in [9.17, 15) is 9.59 Å². The van der Waals surface area contributed by atoms with Crippen molar-refractivity contribution in [3.63, 3.8) is 0 Å². The minimum atomic E-state index is -0.793. The zero-order valence-corrected chi connectivity index (χ0v) is 20.0. The molecule has 0 fully saturated rings. The molecule has 176 valence electrons. The fourth-order valence-corrected chi connectivity index (χ4v) is 4.84. The quantitative estimate of drug-likeness (QED) is 0.391. The molecule has 0 radical (unpaired) electrons. The summed E-state index contributed by atoms with van der Waals surface area (Å²) in [5, 5.41) is 5.14. The molecule has 1 N–H and O–H groups in total. The second-order valence-corrected chi connectivity index (χ2v) is 8.91. The van der Waals surface area contributed by atoms with Crippen LogP contribution < -0.4 is 14.8 Å². The minimum Gasteiger partial charge on any atom is -0.497 e. The second kappa shape index (κ2) is 9.60. The first-order valence-electron chi connectivity index (χ1n) is 11.0. The number of ether oxygens (including phenoxy) is 2. The van der Waals surface area contributed by atoms with Crippen LogP contribution in [0.2, 0.25) is 0 Å². The van der Waals surface area contributed by atoms with Gasteiger partial charge in [-0.15, -0.1) is 11.3 Å². The van der Waals surface area contributed by atoms with Crippen LogP contribution in [0.5, 0.6) is 11.5 Å². The smallest absolute Gasteiger partial charge is 0.255 e. The minimum absolute atomic E-state index is 0.197. The largest absolute Gasteiger partial charge is 0.497 e. The van der Waals surface area contributed by atoms with Crippen molar-refractivity contribution in [1.29, 1.82) is 0 Å². The third kappa shape index (κ3) is 4.36. The van der Waals surface area contributed by atoms with Gasteiger partial charge >= 0.3 is 0 Å². The number of carbonyl (C=O) groups excluding carboxylic acids is 2. The Bertz CT molecular complexity index is 1370. The van der Waals surface area contributed by atoms with E-state index in [2.05, 4.69) is 10.3 Å². The number of amides is 2. The van der Waals surface area contributed by atoms with E-state index >= 15 is 0 Å². The number of nitrogens with one attached hydrogen (secondary N) is 1. The molecule has 1 aliphatic rings. The molecular formula is C27H23N3O4S. The lowest BCUT2D eigenvalue weighted by Crippen LogP contribution is -2.37. The predicted octanol–water partition coefficient (Wildman–Crippen LogP) is 5.16. The fourth-order valence-electron chi connectivity index (χ4n) is 4.30. The van der Waals surface area contributed by atoms with Gasteiger partial charge in [-0.25, -0.2) is 4.98 Å². The summed E-state index contributed by atoms with van der Waals surface area (Å²) < 4.78 is 10.9. The zero-order valence-electron chi connectivity index (χ0n) is 19.2. The van der Waals surface area contributed by atoms with Crippen LogP contribution in [0.1, 0.15) is 27.5 Å². The van der Waals surface area contributed by atoms with Gasteiger partial charge < -0.3 is 14.4 Å². The average molecular weight is 486 g/mol. The molecule has 0 bridgehead atoms. The van der Waals surface area contributed by atoms with Crippen molar-refractivity contribution in [3.8, 4) is 22.6 Å². The monoisotopic (exact) mass is 485 g/mol. The lowest BCUT2D eigenvalue weighted by molar-refractivity contribution is -0.120. The van der Waals surface area contributed by atoms with Crippen LogP contribution in [0.3, 0.4) is 0 Å². The van der Waals surface area contributed by atoms with E-state index < -0.39 is 6.04 Å². The molecule has 0 aliphatic carbocycles. The number of methoxy groups -OCH3 is 2. The highest BCUT2D eigenvalue weighted by molar-refractivity contribution is 7.13. The van der Waals surface area contributed by atoms with E-state index in [1.807, 2.05) is 66.7 Å². The van der Waals surface area contributed by atoms with Gasteiger partial charge in [-0.3, -0.25) is 14.9 Å². The molecule has 0 saturated carbocycles. The van der Waals surface area contributed by atoms with Crippen LogP contribution in [0, 0.1) is 0 Å². The first-order chi connectivity index (χ1) is 17.1. The Hall–Kier alpha value is -4.17. The normalized spacial score (nSPS) is 13.3. The van der Waals surface area contributed by atoms with Crippen molar-refractivity contribution in [2.45, 2.75) is 12.6 Å². The Morgan fingerprint density at radius 2 is 1.86 bits per heavy atom. The van der Waals surface area contributed by atoms with Gasteiger partial charge in [0.1, 0.15) is 17.5 Å². The molecule has 0 spiro atoms. The number of hydrogen-bond acceptors (Lipinski definition) is 6. The number of hydrogen-bond donors (Lipinski definition) is 1. The van der Waals surface area contributed by atoms with Gasteiger partial charge in [-0.05, 0) is 34.9 Å². The van der Waals surface area contributed by atoms with Crippen LogP contribution in [-0.4, -0.2) is 35.9 Å². The predicted molar refractivity (Wildman–Crippen MR) is 135 cm³/mol. The molecule has 8 heteroatoms. The van der Waals surface area contributed by atoms with Gasteiger partial charge in [0.05, 0.1) is 14.2 Å². The lowest BCUT2D eigenvalue weighted by Gasteiger charge is -2.27. The maximum atomic E-state index is 13.6. The summed E-state index contributed by atoms with van der Waals surface area (Å²) in [6, 6.07) is 19.9. The van der Waals surface area contributed by atoms with E-state index in [0.29, 0.717) is 28.7 Å². The molecular weight excluding hydrogens is 462 g/mol. The molecule has 0 unspecified atom stereocenters. The number of aromatic nitrogens is 1.